The van der Waals surface area contributed by atoms with Gasteiger partial charge in [-0.3, -0.25) is 10.2 Å². The predicted octanol–water partition coefficient (Wildman–Crippen LogP) is 4.51. The van der Waals surface area contributed by atoms with Gasteiger partial charge < -0.3 is 10.1 Å². The summed E-state index contributed by atoms with van der Waals surface area (Å²) in [6, 6.07) is 3.20. The van der Waals surface area contributed by atoms with Crippen molar-refractivity contribution in [1.29, 1.82) is 0 Å². The van der Waals surface area contributed by atoms with Gasteiger partial charge in [-0.15, -0.1) is 0 Å². The Bertz CT molecular complexity index is 650. The second kappa shape index (κ2) is 8.15. The normalized spacial score (nSPS) is 11.7. The molecular formula is C17H25Cl2N3O3. The summed E-state index contributed by atoms with van der Waals surface area (Å²) < 4.78 is 5.13. The number of carbonyl (C=O) groups excluding carboxylic acids is 2. The van der Waals surface area contributed by atoms with E-state index in [0.717, 1.165) is 0 Å². The second-order valence-electron chi connectivity index (χ2n) is 7.61. The fourth-order valence-corrected chi connectivity index (χ4v) is 2.18. The lowest BCUT2D eigenvalue weighted by molar-refractivity contribution is -0.128. The van der Waals surface area contributed by atoms with Gasteiger partial charge >= 0.3 is 6.09 Å². The van der Waals surface area contributed by atoms with Crippen molar-refractivity contribution in [2.75, 3.05) is 5.43 Å². The summed E-state index contributed by atoms with van der Waals surface area (Å²) in [6.07, 6.45) is -0.638. The molecule has 25 heavy (non-hydrogen) atoms. The standard InChI is InChI=1S/C17H25Cl2N3O3/c1-16(2,3)14(23)20-9-10-7-13(12(19)8-11(10)18)21-22-15(24)25-17(4,5)6/h7-8,21H,9H2,1-6H3,(H,20,23)(H,22,24). The summed E-state index contributed by atoms with van der Waals surface area (Å²) >= 11 is 12.3. The molecule has 0 spiro atoms. The number of anilines is 1. The zero-order valence-corrected chi connectivity index (χ0v) is 16.9. The van der Waals surface area contributed by atoms with Crippen molar-refractivity contribution in [2.24, 2.45) is 5.41 Å². The van der Waals surface area contributed by atoms with Gasteiger partial charge in [-0.05, 0) is 38.5 Å². The van der Waals surface area contributed by atoms with Gasteiger partial charge in [0.05, 0.1) is 10.7 Å². The Labute approximate surface area is 158 Å². The van der Waals surface area contributed by atoms with Gasteiger partial charge in [0.1, 0.15) is 5.60 Å². The third-order valence-corrected chi connectivity index (χ3v) is 3.62. The van der Waals surface area contributed by atoms with E-state index in [1.165, 1.54) is 0 Å². The molecule has 0 aliphatic heterocycles. The van der Waals surface area contributed by atoms with Crippen LogP contribution in [0.15, 0.2) is 12.1 Å². The first kappa shape index (κ1) is 21.4. The minimum atomic E-state index is -0.638. The van der Waals surface area contributed by atoms with Crippen molar-refractivity contribution < 1.29 is 14.3 Å². The molecule has 6 nitrogen and oxygen atoms in total. The lowest BCUT2D eigenvalue weighted by Crippen LogP contribution is -2.36. The number of hydrogen-bond donors (Lipinski definition) is 3. The summed E-state index contributed by atoms with van der Waals surface area (Å²) in [4.78, 5) is 23.7. The number of hydrazine groups is 1. The molecule has 0 heterocycles. The highest BCUT2D eigenvalue weighted by Crippen LogP contribution is 2.29. The van der Waals surface area contributed by atoms with Crippen LogP contribution >= 0.6 is 23.2 Å². The summed E-state index contributed by atoms with van der Waals surface area (Å²) in [6.45, 7) is 11.0. The molecule has 0 bridgehead atoms. The predicted molar refractivity (Wildman–Crippen MR) is 101 cm³/mol. The number of rotatable bonds is 4. The van der Waals surface area contributed by atoms with Crippen molar-refractivity contribution in [3.05, 3.63) is 27.7 Å². The first-order valence-electron chi connectivity index (χ1n) is 7.81. The Kier molecular flexibility index (Phi) is 6.97. The van der Waals surface area contributed by atoms with Crippen molar-refractivity contribution >= 4 is 40.9 Å². The van der Waals surface area contributed by atoms with E-state index in [4.69, 9.17) is 27.9 Å². The molecule has 0 saturated heterocycles. The van der Waals surface area contributed by atoms with Crippen LogP contribution in [0.3, 0.4) is 0 Å². The maximum Gasteiger partial charge on any atom is 0.426 e. The van der Waals surface area contributed by atoms with E-state index >= 15 is 0 Å². The van der Waals surface area contributed by atoms with Crippen molar-refractivity contribution in [3.63, 3.8) is 0 Å². The van der Waals surface area contributed by atoms with Crippen molar-refractivity contribution in [3.8, 4) is 0 Å². The van der Waals surface area contributed by atoms with Crippen LogP contribution in [0.5, 0.6) is 0 Å². The molecule has 1 rings (SSSR count). The molecule has 0 aromatic heterocycles. The van der Waals surface area contributed by atoms with Crippen LogP contribution in [0.1, 0.15) is 47.1 Å². The van der Waals surface area contributed by atoms with Gasteiger partial charge in [0, 0.05) is 17.0 Å². The van der Waals surface area contributed by atoms with E-state index in [9.17, 15) is 9.59 Å². The quantitative estimate of drug-likeness (QED) is 0.661. The molecule has 0 atom stereocenters. The Morgan fingerprint density at radius 2 is 1.64 bits per heavy atom. The van der Waals surface area contributed by atoms with E-state index in [1.54, 1.807) is 32.9 Å². The van der Waals surface area contributed by atoms with Crippen LogP contribution in [0.4, 0.5) is 10.5 Å². The SMILES string of the molecule is CC(C)(C)OC(=O)NNc1cc(CNC(=O)C(C)(C)C)c(Cl)cc1Cl. The molecule has 1 aromatic carbocycles. The van der Waals surface area contributed by atoms with E-state index in [0.29, 0.717) is 21.3 Å². The van der Waals surface area contributed by atoms with Crippen molar-refractivity contribution in [2.45, 2.75) is 53.7 Å². The monoisotopic (exact) mass is 389 g/mol. The van der Waals surface area contributed by atoms with Crippen LogP contribution in [-0.4, -0.2) is 17.6 Å². The average Bonchev–Trinajstić information content (AvgIpc) is 2.42. The summed E-state index contributed by atoms with van der Waals surface area (Å²) in [5.41, 5.74) is 5.09. The summed E-state index contributed by atoms with van der Waals surface area (Å²) in [5.74, 6) is -0.0973. The van der Waals surface area contributed by atoms with Crippen LogP contribution in [0.25, 0.3) is 0 Å². The highest BCUT2D eigenvalue weighted by Gasteiger charge is 2.21. The number of amides is 2. The summed E-state index contributed by atoms with van der Waals surface area (Å²) in [7, 11) is 0. The highest BCUT2D eigenvalue weighted by molar-refractivity contribution is 6.36. The van der Waals surface area contributed by atoms with Crippen LogP contribution in [0.2, 0.25) is 10.0 Å². The molecule has 1 aromatic rings. The second-order valence-corrected chi connectivity index (χ2v) is 8.42. The lowest BCUT2D eigenvalue weighted by Gasteiger charge is -2.21. The number of halogens is 2. The molecule has 2 amide bonds. The Morgan fingerprint density at radius 1 is 1.04 bits per heavy atom. The molecule has 140 valence electrons. The van der Waals surface area contributed by atoms with E-state index in [-0.39, 0.29) is 12.5 Å². The summed E-state index contributed by atoms with van der Waals surface area (Å²) in [5, 5.41) is 3.56. The van der Waals surface area contributed by atoms with Gasteiger partial charge in [-0.25, -0.2) is 10.2 Å². The number of nitrogens with one attached hydrogen (secondary N) is 3. The maximum absolute atomic E-state index is 12.0. The van der Waals surface area contributed by atoms with Gasteiger partial charge in [-0.2, -0.15) is 0 Å². The Balaban J connectivity index is 2.79. The Morgan fingerprint density at radius 3 is 2.16 bits per heavy atom. The number of ether oxygens (including phenoxy) is 1. The smallest absolute Gasteiger partial charge is 0.426 e. The number of carbonyl (C=O) groups is 2. The molecule has 0 aliphatic rings. The molecule has 0 unspecified atom stereocenters. The van der Waals surface area contributed by atoms with Crippen molar-refractivity contribution in [1.82, 2.24) is 10.7 Å². The fourth-order valence-electron chi connectivity index (χ4n) is 1.69. The minimum absolute atomic E-state index is 0.0973. The third kappa shape index (κ3) is 7.40. The van der Waals surface area contributed by atoms with Crippen LogP contribution in [0, 0.1) is 5.41 Å². The van der Waals surface area contributed by atoms with Gasteiger partial charge in [0.15, 0.2) is 0 Å². The Hall–Kier alpha value is -1.66. The molecular weight excluding hydrogens is 365 g/mol. The third-order valence-electron chi connectivity index (χ3n) is 2.95. The average molecular weight is 390 g/mol. The number of benzene rings is 1. The largest absolute Gasteiger partial charge is 0.443 e. The molecule has 8 heteroatoms. The minimum Gasteiger partial charge on any atom is -0.443 e. The van der Waals surface area contributed by atoms with Gasteiger partial charge in [-0.1, -0.05) is 44.0 Å². The van der Waals surface area contributed by atoms with E-state index < -0.39 is 17.1 Å². The topological polar surface area (TPSA) is 79.5 Å². The molecule has 0 fully saturated rings. The molecule has 0 saturated carbocycles. The highest BCUT2D eigenvalue weighted by atomic mass is 35.5. The number of hydrogen-bond acceptors (Lipinski definition) is 4. The molecule has 0 aliphatic carbocycles. The van der Waals surface area contributed by atoms with Gasteiger partial charge in [0.2, 0.25) is 5.91 Å². The maximum atomic E-state index is 12.0. The zero-order valence-electron chi connectivity index (χ0n) is 15.3. The molecule has 0 radical (unpaired) electrons. The first-order valence-corrected chi connectivity index (χ1v) is 8.56. The fraction of sp³-hybridized carbons (Fsp3) is 0.529. The molecule has 3 N–H and O–H groups in total. The van der Waals surface area contributed by atoms with Crippen LogP contribution in [-0.2, 0) is 16.1 Å². The van der Waals surface area contributed by atoms with Gasteiger partial charge in [0.25, 0.3) is 0 Å². The first-order chi connectivity index (χ1) is 11.3. The zero-order chi connectivity index (χ0) is 19.4. The van der Waals surface area contributed by atoms with E-state index in [1.807, 2.05) is 20.8 Å². The lowest BCUT2D eigenvalue weighted by atomic mass is 9.95. The van der Waals surface area contributed by atoms with E-state index in [2.05, 4.69) is 16.2 Å². The van der Waals surface area contributed by atoms with Crippen LogP contribution < -0.4 is 16.2 Å².